The molecule has 4 nitrogen and oxygen atoms in total. The smallest absolute Gasteiger partial charge is 0.394 e. The Kier molecular flexibility index (Phi) is 6.16. The van der Waals surface area contributed by atoms with E-state index in [0.29, 0.717) is 12.1 Å². The zero-order valence-corrected chi connectivity index (χ0v) is 17.8. The number of alkyl halides is 14. The molecule has 0 aliphatic rings. The maximum atomic E-state index is 14.1. The molecule has 2 heterocycles. The van der Waals surface area contributed by atoms with Gasteiger partial charge in [-0.15, -0.1) is 0 Å². The summed E-state index contributed by atoms with van der Waals surface area (Å²) in [7, 11) is 0. The number of aromatic amines is 1. The van der Waals surface area contributed by atoms with E-state index in [-0.39, 0.29) is 6.07 Å². The molecule has 0 fully saturated rings. The second-order valence-electron chi connectivity index (χ2n) is 7.18. The number of aromatic nitrogens is 1. The summed E-state index contributed by atoms with van der Waals surface area (Å²) >= 11 is 8.08. The number of pyridine rings is 1. The SMILES string of the molecule is O=c1cc(C(F)(F)C(F)(F)C(F)(F)Cl)[nH]c2ccc3oc(C(F)(F)C(F)(F)C(F)(F)Cl)cc(=O)c3c12. The summed E-state index contributed by atoms with van der Waals surface area (Å²) in [6.45, 7) is 0. The fraction of sp³-hybridized carbons (Fsp3) is 0.333. The van der Waals surface area contributed by atoms with Crippen LogP contribution in [0, 0.1) is 0 Å². The zero-order valence-electron chi connectivity index (χ0n) is 16.3. The lowest BCUT2D eigenvalue weighted by Crippen LogP contribution is -2.50. The van der Waals surface area contributed by atoms with Crippen LogP contribution in [0.3, 0.4) is 0 Å². The summed E-state index contributed by atoms with van der Waals surface area (Å²) in [4.78, 5) is 26.3. The van der Waals surface area contributed by atoms with Crippen molar-refractivity contribution in [1.82, 2.24) is 4.98 Å². The van der Waals surface area contributed by atoms with Crippen molar-refractivity contribution in [2.24, 2.45) is 0 Å². The Labute approximate surface area is 198 Å². The first kappa shape index (κ1) is 28.0. The molecule has 0 spiro atoms. The van der Waals surface area contributed by atoms with Crippen molar-refractivity contribution in [3.8, 4) is 0 Å². The van der Waals surface area contributed by atoms with Gasteiger partial charge in [-0.2, -0.15) is 52.7 Å². The van der Waals surface area contributed by atoms with Crippen LogP contribution in [0.1, 0.15) is 11.5 Å². The van der Waals surface area contributed by atoms with Crippen molar-refractivity contribution in [3.05, 3.63) is 56.2 Å². The van der Waals surface area contributed by atoms with Crippen LogP contribution in [0.25, 0.3) is 21.9 Å². The van der Waals surface area contributed by atoms with Gasteiger partial charge in [-0.3, -0.25) is 9.59 Å². The van der Waals surface area contributed by atoms with Gasteiger partial charge in [0.1, 0.15) is 5.58 Å². The highest BCUT2D eigenvalue weighted by molar-refractivity contribution is 6.22. The van der Waals surface area contributed by atoms with Gasteiger partial charge < -0.3 is 9.40 Å². The van der Waals surface area contributed by atoms with Crippen LogP contribution in [-0.4, -0.2) is 27.6 Å². The molecule has 0 atom stereocenters. The lowest BCUT2D eigenvalue weighted by Gasteiger charge is -2.29. The third-order valence-corrected chi connectivity index (χ3v) is 5.31. The second-order valence-corrected chi connectivity index (χ2v) is 8.13. The van der Waals surface area contributed by atoms with Crippen LogP contribution < -0.4 is 10.9 Å². The normalized spacial score (nSPS) is 14.6. The highest BCUT2D eigenvalue weighted by atomic mass is 35.5. The number of benzene rings is 1. The molecule has 0 aliphatic heterocycles. The standard InChI is InChI=1S/C18H5Cl2F12NO3/c19-17(29,30)15(25,26)13(21,22)9-3-6(34)11-5(33-9)1-2-8-12(11)7(35)4-10(36-8)14(23,24)16(27,28)18(20,31)32/h1-4H,(H,33,34). The number of rotatable bonds is 6. The van der Waals surface area contributed by atoms with Gasteiger partial charge in [-0.05, 0) is 35.3 Å². The summed E-state index contributed by atoms with van der Waals surface area (Å²) in [6, 6.07) is 0.140. The maximum Gasteiger partial charge on any atom is 0.394 e. The molecule has 3 rings (SSSR count). The minimum Gasteiger partial charge on any atom is -0.454 e. The third kappa shape index (κ3) is 3.88. The molecule has 2 aromatic heterocycles. The number of hydrogen-bond acceptors (Lipinski definition) is 3. The third-order valence-electron chi connectivity index (χ3n) is 4.84. The van der Waals surface area contributed by atoms with Gasteiger partial charge in [0.15, 0.2) is 16.6 Å². The average molecular weight is 582 g/mol. The van der Waals surface area contributed by atoms with E-state index >= 15 is 0 Å². The molecule has 0 unspecified atom stereocenters. The molecule has 1 aromatic carbocycles. The van der Waals surface area contributed by atoms with E-state index in [2.05, 4.69) is 27.6 Å². The largest absolute Gasteiger partial charge is 0.454 e. The van der Waals surface area contributed by atoms with Gasteiger partial charge in [0, 0.05) is 12.1 Å². The predicted molar refractivity (Wildman–Crippen MR) is 99.9 cm³/mol. The minimum atomic E-state index is -6.30. The summed E-state index contributed by atoms with van der Waals surface area (Å²) in [5.74, 6) is -26.6. The Morgan fingerprint density at radius 1 is 0.667 bits per heavy atom. The van der Waals surface area contributed by atoms with Crippen LogP contribution in [0.4, 0.5) is 52.7 Å². The zero-order chi connectivity index (χ0) is 27.9. The van der Waals surface area contributed by atoms with Gasteiger partial charge in [0.25, 0.3) is 0 Å². The maximum absolute atomic E-state index is 14.1. The van der Waals surface area contributed by atoms with Crippen LogP contribution in [0.15, 0.2) is 38.3 Å². The Bertz CT molecular complexity index is 1360. The Balaban J connectivity index is 2.30. The van der Waals surface area contributed by atoms with Crippen LogP contribution in [0.5, 0.6) is 0 Å². The van der Waals surface area contributed by atoms with E-state index in [1.54, 1.807) is 0 Å². The molecule has 1 N–H and O–H groups in total. The first-order valence-corrected chi connectivity index (χ1v) is 9.53. The van der Waals surface area contributed by atoms with E-state index in [9.17, 15) is 62.3 Å². The first-order valence-electron chi connectivity index (χ1n) is 8.78. The number of fused-ring (bicyclic) bond motifs is 3. The number of nitrogens with one attached hydrogen (secondary N) is 1. The van der Waals surface area contributed by atoms with Crippen LogP contribution >= 0.6 is 23.2 Å². The Morgan fingerprint density at radius 2 is 1.14 bits per heavy atom. The second kappa shape index (κ2) is 7.94. The van der Waals surface area contributed by atoms with Gasteiger partial charge in [0.05, 0.1) is 22.0 Å². The Morgan fingerprint density at radius 3 is 1.64 bits per heavy atom. The van der Waals surface area contributed by atoms with E-state index in [1.165, 1.54) is 4.98 Å². The summed E-state index contributed by atoms with van der Waals surface area (Å²) in [5.41, 5.74) is -7.63. The molecule has 0 aliphatic carbocycles. The fourth-order valence-electron chi connectivity index (χ4n) is 3.00. The molecule has 0 amide bonds. The molecule has 0 radical (unpaired) electrons. The predicted octanol–water partition coefficient (Wildman–Crippen LogP) is 6.75. The number of hydrogen-bond donors (Lipinski definition) is 1. The van der Waals surface area contributed by atoms with Gasteiger partial charge in [-0.25, -0.2) is 0 Å². The van der Waals surface area contributed by atoms with E-state index < -0.39 is 84.7 Å². The molecule has 36 heavy (non-hydrogen) atoms. The molecule has 0 bridgehead atoms. The van der Waals surface area contributed by atoms with E-state index in [4.69, 9.17) is 0 Å². The average Bonchev–Trinajstić information content (AvgIpc) is 2.71. The molecule has 18 heteroatoms. The summed E-state index contributed by atoms with van der Waals surface area (Å²) in [5, 5.41) is -13.7. The van der Waals surface area contributed by atoms with Crippen molar-refractivity contribution in [2.75, 3.05) is 0 Å². The summed E-state index contributed by atoms with van der Waals surface area (Å²) < 4.78 is 166. The van der Waals surface area contributed by atoms with Gasteiger partial charge in [-0.1, -0.05) is 0 Å². The van der Waals surface area contributed by atoms with Crippen LogP contribution in [-0.2, 0) is 11.8 Å². The molecular formula is C18H5Cl2F12NO3. The van der Waals surface area contributed by atoms with E-state index in [1.807, 2.05) is 0 Å². The van der Waals surface area contributed by atoms with Crippen LogP contribution in [0.2, 0.25) is 0 Å². The lowest BCUT2D eigenvalue weighted by atomic mass is 10.0. The molecule has 0 saturated carbocycles. The highest BCUT2D eigenvalue weighted by Gasteiger charge is 2.74. The quantitative estimate of drug-likeness (QED) is 0.199. The summed E-state index contributed by atoms with van der Waals surface area (Å²) in [6.07, 6.45) is 0. The van der Waals surface area contributed by atoms with Crippen molar-refractivity contribution in [3.63, 3.8) is 0 Å². The molecule has 198 valence electrons. The highest BCUT2D eigenvalue weighted by Crippen LogP contribution is 2.54. The van der Waals surface area contributed by atoms with E-state index in [0.717, 1.165) is 0 Å². The van der Waals surface area contributed by atoms with Crippen molar-refractivity contribution in [2.45, 2.75) is 34.5 Å². The number of halogens is 14. The Hall–Kier alpha value is -2.62. The van der Waals surface area contributed by atoms with Gasteiger partial charge in [0.2, 0.25) is 0 Å². The van der Waals surface area contributed by atoms with Crippen molar-refractivity contribution < 1.29 is 57.1 Å². The van der Waals surface area contributed by atoms with Crippen molar-refractivity contribution in [1.29, 1.82) is 0 Å². The first-order chi connectivity index (χ1) is 16.0. The molecule has 0 saturated heterocycles. The molecular weight excluding hydrogens is 577 g/mol. The fourth-order valence-corrected chi connectivity index (χ4v) is 3.24. The monoisotopic (exact) mass is 581 g/mol. The minimum absolute atomic E-state index is 0.331. The molecule has 3 aromatic rings. The number of H-pyrrole nitrogens is 1. The van der Waals surface area contributed by atoms with Gasteiger partial charge >= 0.3 is 34.5 Å². The lowest BCUT2D eigenvalue weighted by molar-refractivity contribution is -0.291. The van der Waals surface area contributed by atoms with Crippen molar-refractivity contribution >= 4 is 45.1 Å². The topological polar surface area (TPSA) is 63.1 Å².